The number of hydrogen-bond donors (Lipinski definition) is 5. The summed E-state index contributed by atoms with van der Waals surface area (Å²) in [6.07, 6.45) is 11.7. The average molecular weight is 528 g/mol. The number of hydrogen-bond acceptors (Lipinski definition) is 8. The molecule has 7 N–H and O–H groups in total. The van der Waals surface area contributed by atoms with Gasteiger partial charge in [-0.15, -0.1) is 0 Å². The second-order valence-corrected chi connectivity index (χ2v) is 9.72. The van der Waals surface area contributed by atoms with Gasteiger partial charge in [-0.1, -0.05) is 36.6 Å². The molecule has 1 fully saturated rings. The molecule has 10 nitrogen and oxygen atoms in total. The Kier molecular flexibility index (Phi) is 8.53. The van der Waals surface area contributed by atoms with Gasteiger partial charge in [0.2, 0.25) is 23.6 Å². The lowest BCUT2D eigenvalue weighted by atomic mass is 9.56. The molecule has 36 heavy (non-hydrogen) atoms. The molecule has 4 amide bonds. The van der Waals surface area contributed by atoms with Crippen molar-refractivity contribution in [3.05, 3.63) is 47.9 Å². The van der Waals surface area contributed by atoms with E-state index in [1.807, 2.05) is 0 Å². The molecule has 188 valence electrons. The second kappa shape index (κ2) is 11.4. The molecule has 0 aliphatic heterocycles. The predicted molar refractivity (Wildman–Crippen MR) is 139 cm³/mol. The summed E-state index contributed by atoms with van der Waals surface area (Å²) in [5.41, 5.74) is 11.9. The lowest BCUT2D eigenvalue weighted by Crippen LogP contribution is -2.61. The Bertz CT molecular complexity index is 1080. The SMILES string of the molecule is N=CC1C(C(N)=O)C(C(N)=O)C(C=O)C(C(=O)NC2=CCC(=S)C=C2)C1C(=O)NC1=CCC(=S)C=C1. The van der Waals surface area contributed by atoms with Crippen LogP contribution in [0.25, 0.3) is 0 Å². The van der Waals surface area contributed by atoms with Crippen LogP contribution in [-0.4, -0.2) is 45.9 Å². The molecule has 3 rings (SSSR count). The maximum absolute atomic E-state index is 13.5. The number of nitrogens with two attached hydrogens (primary N) is 2. The average Bonchev–Trinajstić information content (AvgIpc) is 2.84. The summed E-state index contributed by atoms with van der Waals surface area (Å²) in [7, 11) is 0. The van der Waals surface area contributed by atoms with Crippen molar-refractivity contribution in [3.8, 4) is 0 Å². The van der Waals surface area contributed by atoms with Gasteiger partial charge in [0.25, 0.3) is 0 Å². The quantitative estimate of drug-likeness (QED) is 0.169. The van der Waals surface area contributed by atoms with Crippen molar-refractivity contribution in [1.82, 2.24) is 10.6 Å². The molecule has 0 saturated heterocycles. The van der Waals surface area contributed by atoms with Gasteiger partial charge in [0.05, 0.1) is 23.7 Å². The molecule has 3 aliphatic rings. The van der Waals surface area contributed by atoms with Crippen molar-refractivity contribution >= 4 is 70.3 Å². The smallest absolute Gasteiger partial charge is 0.229 e. The monoisotopic (exact) mass is 527 g/mol. The standard InChI is InChI=1S/C24H25N5O5S2/c25-9-15-17(21(26)31)18(22(27)32)16(10-30)20(24(34)29-12-3-7-14(36)8-4-12)19(15)23(33)28-11-1-5-13(35)6-2-11/h1-5,7,9-10,15-20,25H,6,8H2,(H2,26,31)(H2,27,32)(H,28,33)(H,29,34). The Hall–Kier alpha value is -3.64. The third kappa shape index (κ3) is 5.60. The van der Waals surface area contributed by atoms with E-state index in [0.717, 1.165) is 6.21 Å². The van der Waals surface area contributed by atoms with E-state index in [0.29, 0.717) is 40.3 Å². The van der Waals surface area contributed by atoms with Crippen LogP contribution < -0.4 is 22.1 Å². The van der Waals surface area contributed by atoms with Crippen molar-refractivity contribution in [1.29, 1.82) is 5.41 Å². The summed E-state index contributed by atoms with van der Waals surface area (Å²) in [6, 6.07) is 0. The van der Waals surface area contributed by atoms with Crippen molar-refractivity contribution < 1.29 is 24.0 Å². The second-order valence-electron chi connectivity index (χ2n) is 8.67. The van der Waals surface area contributed by atoms with E-state index in [2.05, 4.69) is 10.6 Å². The van der Waals surface area contributed by atoms with Gasteiger partial charge in [-0.25, -0.2) is 0 Å². The number of primary amides is 2. The molecule has 0 aromatic heterocycles. The highest BCUT2D eigenvalue weighted by atomic mass is 32.1. The van der Waals surface area contributed by atoms with Gasteiger partial charge in [-0.05, 0) is 30.5 Å². The molecule has 0 aromatic rings. The van der Waals surface area contributed by atoms with Crippen LogP contribution in [0.5, 0.6) is 0 Å². The highest BCUT2D eigenvalue weighted by Gasteiger charge is 2.58. The molecule has 0 aromatic carbocycles. The normalized spacial score (nSPS) is 29.4. The van der Waals surface area contributed by atoms with E-state index < -0.39 is 59.1 Å². The first-order chi connectivity index (χ1) is 17.1. The van der Waals surface area contributed by atoms with E-state index in [-0.39, 0.29) is 0 Å². The molecular formula is C24H25N5O5S2. The zero-order chi connectivity index (χ0) is 26.6. The Labute approximate surface area is 217 Å². The minimum Gasteiger partial charge on any atom is -0.369 e. The Morgan fingerprint density at radius 2 is 1.19 bits per heavy atom. The van der Waals surface area contributed by atoms with Gasteiger partial charge >= 0.3 is 0 Å². The fraction of sp³-hybridized carbons (Fsp3) is 0.333. The number of thiocarbonyl (C=S) groups is 2. The number of aldehydes is 1. The molecule has 6 atom stereocenters. The van der Waals surface area contributed by atoms with E-state index in [1.54, 1.807) is 36.5 Å². The van der Waals surface area contributed by atoms with Crippen LogP contribution in [-0.2, 0) is 24.0 Å². The number of rotatable bonds is 8. The number of allylic oxidation sites excluding steroid dienone is 6. The predicted octanol–water partition coefficient (Wildman–Crippen LogP) is 0.176. The van der Waals surface area contributed by atoms with Crippen LogP contribution in [0.1, 0.15) is 12.8 Å². The molecule has 12 heteroatoms. The van der Waals surface area contributed by atoms with E-state index in [4.69, 9.17) is 41.3 Å². The maximum atomic E-state index is 13.5. The van der Waals surface area contributed by atoms with Gasteiger partial charge in [-0.3, -0.25) is 19.2 Å². The van der Waals surface area contributed by atoms with Crippen LogP contribution >= 0.6 is 24.4 Å². The molecule has 6 unspecified atom stereocenters. The number of nitrogens with one attached hydrogen (secondary N) is 3. The topological polar surface area (TPSA) is 185 Å². The maximum Gasteiger partial charge on any atom is 0.229 e. The number of carbonyl (C=O) groups excluding carboxylic acids is 5. The first-order valence-electron chi connectivity index (χ1n) is 11.1. The van der Waals surface area contributed by atoms with Gasteiger partial charge in [0.15, 0.2) is 0 Å². The van der Waals surface area contributed by atoms with Crippen LogP contribution in [0.4, 0.5) is 0 Å². The van der Waals surface area contributed by atoms with Gasteiger partial charge in [0.1, 0.15) is 6.29 Å². The van der Waals surface area contributed by atoms with Crippen LogP contribution in [0.3, 0.4) is 0 Å². The molecule has 0 spiro atoms. The minimum absolute atomic E-state index is 0.342. The first-order valence-corrected chi connectivity index (χ1v) is 11.9. The molecular weight excluding hydrogens is 502 g/mol. The molecule has 1 saturated carbocycles. The van der Waals surface area contributed by atoms with Gasteiger partial charge in [-0.2, -0.15) is 0 Å². The van der Waals surface area contributed by atoms with Crippen molar-refractivity contribution in [2.75, 3.05) is 0 Å². The summed E-state index contributed by atoms with van der Waals surface area (Å²) >= 11 is 10.2. The van der Waals surface area contributed by atoms with Crippen molar-refractivity contribution in [2.45, 2.75) is 12.8 Å². The minimum atomic E-state index is -1.49. The summed E-state index contributed by atoms with van der Waals surface area (Å²) < 4.78 is 0. The summed E-state index contributed by atoms with van der Waals surface area (Å²) in [5.74, 6) is -12.0. The molecule has 0 bridgehead atoms. The highest BCUT2D eigenvalue weighted by Crippen LogP contribution is 2.45. The number of carbonyl (C=O) groups is 5. The molecule has 3 aliphatic carbocycles. The van der Waals surface area contributed by atoms with Gasteiger partial charge in [0, 0.05) is 45.8 Å². The molecule has 0 heterocycles. The fourth-order valence-electron chi connectivity index (χ4n) is 4.89. The Morgan fingerprint density at radius 1 is 0.778 bits per heavy atom. The Balaban J connectivity index is 2.06. The zero-order valence-corrected chi connectivity index (χ0v) is 20.6. The fourth-order valence-corrected chi connectivity index (χ4v) is 5.19. The van der Waals surface area contributed by atoms with E-state index >= 15 is 0 Å². The van der Waals surface area contributed by atoms with Crippen LogP contribution in [0.15, 0.2) is 47.9 Å². The first kappa shape index (κ1) is 27.0. The van der Waals surface area contributed by atoms with Crippen molar-refractivity contribution in [3.63, 3.8) is 0 Å². The van der Waals surface area contributed by atoms with Gasteiger partial charge < -0.3 is 32.3 Å². The summed E-state index contributed by atoms with van der Waals surface area (Å²) in [4.78, 5) is 65.5. The summed E-state index contributed by atoms with van der Waals surface area (Å²) in [6.45, 7) is 0. The Morgan fingerprint density at radius 3 is 1.53 bits per heavy atom. The van der Waals surface area contributed by atoms with Crippen LogP contribution in [0, 0.1) is 40.9 Å². The highest BCUT2D eigenvalue weighted by molar-refractivity contribution is 7.81. The summed E-state index contributed by atoms with van der Waals surface area (Å²) in [5, 5.41) is 13.3. The van der Waals surface area contributed by atoms with Crippen molar-refractivity contribution in [2.24, 2.45) is 47.0 Å². The van der Waals surface area contributed by atoms with E-state index in [1.165, 1.54) is 0 Å². The third-order valence-corrected chi connectivity index (χ3v) is 7.13. The lowest BCUT2D eigenvalue weighted by Gasteiger charge is -2.45. The lowest BCUT2D eigenvalue weighted by molar-refractivity contribution is -0.155. The van der Waals surface area contributed by atoms with Crippen LogP contribution in [0.2, 0.25) is 0 Å². The largest absolute Gasteiger partial charge is 0.369 e. The number of amides is 4. The third-order valence-electron chi connectivity index (χ3n) is 6.52. The molecule has 0 radical (unpaired) electrons. The van der Waals surface area contributed by atoms with E-state index in [9.17, 15) is 24.0 Å². The zero-order valence-electron chi connectivity index (χ0n) is 19.0.